The largest absolute Gasteiger partial charge is 0.375 e. The summed E-state index contributed by atoms with van der Waals surface area (Å²) >= 11 is 1.69. The molecule has 0 bridgehead atoms. The number of fused-ring (bicyclic) bond motifs is 15. The van der Waals surface area contributed by atoms with Gasteiger partial charge in [-0.15, -0.1) is 0 Å². The number of nitrogens with one attached hydrogen (secondary N) is 5. The second-order valence-corrected chi connectivity index (χ2v) is 33.7. The maximum absolute atomic E-state index is 14.4. The van der Waals surface area contributed by atoms with Gasteiger partial charge in [0.15, 0.2) is 0 Å². The van der Waals surface area contributed by atoms with Gasteiger partial charge in [-0.1, -0.05) is 132 Å². The fraction of sp³-hybridized carbons (Fsp3) is 0.362. The topological polar surface area (TPSA) is 200 Å². The highest BCUT2D eigenvalue weighted by atomic mass is 32.1. The van der Waals surface area contributed by atoms with Gasteiger partial charge in [-0.25, -0.2) is 30.7 Å². The Morgan fingerprint density at radius 3 is 1.18 bits per heavy atom. The van der Waals surface area contributed by atoms with Crippen LogP contribution in [0.3, 0.4) is 0 Å². The molecular weight excluding hydrogens is 1550 g/mol. The van der Waals surface area contributed by atoms with Crippen molar-refractivity contribution in [2.24, 2.45) is 0 Å². The summed E-state index contributed by atoms with van der Waals surface area (Å²) in [4.78, 5) is 0. The number of aryl methyl sites for hydroxylation is 1. The number of rotatable bonds is 7. The Hall–Kier alpha value is -10.2. The highest BCUT2D eigenvalue weighted by molar-refractivity contribution is 7.08. The molecule has 5 saturated heterocycles. The van der Waals surface area contributed by atoms with Gasteiger partial charge in [0.05, 0.1) is 94.8 Å². The average Bonchev–Trinajstić information content (AvgIpc) is 1.75. The lowest BCUT2D eigenvalue weighted by atomic mass is 9.82. The van der Waals surface area contributed by atoms with Crippen LogP contribution in [0.2, 0.25) is 0 Å². The first-order chi connectivity index (χ1) is 57.5. The van der Waals surface area contributed by atoms with Crippen molar-refractivity contribution >= 4 is 39.8 Å². The Kier molecular flexibility index (Phi) is 24.4. The van der Waals surface area contributed by atoms with Crippen molar-refractivity contribution in [3.8, 4) is 12.1 Å². The lowest BCUT2D eigenvalue weighted by Gasteiger charge is -2.43. The highest BCUT2D eigenvalue weighted by Crippen LogP contribution is 2.52. The van der Waals surface area contributed by atoms with Crippen molar-refractivity contribution in [2.75, 3.05) is 79.8 Å². The minimum atomic E-state index is -0.637. The molecule has 0 aliphatic carbocycles. The van der Waals surface area contributed by atoms with Gasteiger partial charge in [0, 0.05) is 90.6 Å². The Morgan fingerprint density at radius 1 is 0.353 bits per heavy atom. The monoisotopic (exact) mass is 1640 g/mol. The maximum atomic E-state index is 14.4. The van der Waals surface area contributed by atoms with E-state index in [4.69, 9.17) is 57.9 Å². The van der Waals surface area contributed by atoms with Gasteiger partial charge >= 0.3 is 0 Å². The summed E-state index contributed by atoms with van der Waals surface area (Å²) in [5, 5.41) is 39.0. The van der Waals surface area contributed by atoms with Gasteiger partial charge in [-0.2, -0.15) is 21.9 Å². The molecule has 20 rings (SSSR count). The summed E-state index contributed by atoms with van der Waals surface area (Å²) in [6.45, 7) is 18.4. The summed E-state index contributed by atoms with van der Waals surface area (Å²) in [5.41, 5.74) is 17.7. The quantitative estimate of drug-likeness (QED) is 0.0943. The van der Waals surface area contributed by atoms with Crippen LogP contribution in [0.4, 0.5) is 59.2 Å². The van der Waals surface area contributed by atoms with Crippen LogP contribution < -0.4 is 26.6 Å². The zero-order valence-corrected chi connectivity index (χ0v) is 67.5. The third kappa shape index (κ3) is 17.3. The molecule has 0 spiro atoms. The van der Waals surface area contributed by atoms with Crippen LogP contribution in [-0.4, -0.2) is 83.7 Å². The van der Waals surface area contributed by atoms with E-state index in [1.165, 1.54) is 70.8 Å². The van der Waals surface area contributed by atoms with E-state index < -0.39 is 65.2 Å². The van der Waals surface area contributed by atoms with Gasteiger partial charge < -0.3 is 74.0 Å². The SMILES string of the molecule is CC(C)(C)c1ccc2c(c1)C1OCCOC1C(c1ccc(F)cc1F)N2.CC(C)(C)c1ccc2c(c1)C1OCOC1C(c1c(F)cccc1F)N2.Cc1ccc2c(c1)C1OCOC1C(c1ccccc1F)N2.N#CCc1ccc2c(c1)C1OCCOC1C(c1ccc(F)cc1F)N2.N#CCc1ccc2c(c1)C1OCCOC1C(c1ccsc1)N2. The zero-order chi connectivity index (χ0) is 83.0. The molecule has 5 fully saturated rings. The molecule has 25 heteroatoms. The van der Waals surface area contributed by atoms with Gasteiger partial charge in [0.25, 0.3) is 0 Å². The van der Waals surface area contributed by atoms with Crippen LogP contribution in [0, 0.1) is 70.3 Å². The van der Waals surface area contributed by atoms with Crippen molar-refractivity contribution in [1.29, 1.82) is 10.5 Å². The minimum Gasteiger partial charge on any atom is -0.375 e. The zero-order valence-electron chi connectivity index (χ0n) is 66.7. The normalized spacial score (nSPS) is 25.6. The van der Waals surface area contributed by atoms with Gasteiger partial charge in [0.1, 0.15) is 115 Å². The number of benzene rings is 9. The fourth-order valence-electron chi connectivity index (χ4n) is 17.3. The van der Waals surface area contributed by atoms with Crippen molar-refractivity contribution in [3.05, 3.63) is 311 Å². The molecule has 618 valence electrons. The van der Waals surface area contributed by atoms with Gasteiger partial charge in [0.2, 0.25) is 0 Å². The lowest BCUT2D eigenvalue weighted by molar-refractivity contribution is -0.151. The van der Waals surface area contributed by atoms with Crippen molar-refractivity contribution in [3.63, 3.8) is 0 Å². The summed E-state index contributed by atoms with van der Waals surface area (Å²) in [7, 11) is 0. The molecular formula is C94H92F7N7O10S. The molecule has 15 unspecified atom stereocenters. The number of hydrogen-bond acceptors (Lipinski definition) is 18. The third-order valence-corrected chi connectivity index (χ3v) is 23.9. The summed E-state index contributed by atoms with van der Waals surface area (Å²) in [6, 6.07) is 53.0. The van der Waals surface area contributed by atoms with E-state index in [1.54, 1.807) is 23.5 Å². The average molecular weight is 1640 g/mol. The molecule has 1 aromatic heterocycles. The van der Waals surface area contributed by atoms with Crippen LogP contribution in [0.15, 0.2) is 187 Å². The van der Waals surface area contributed by atoms with Gasteiger partial charge in [-0.05, 0) is 135 Å². The van der Waals surface area contributed by atoms with E-state index in [2.05, 4.69) is 133 Å². The van der Waals surface area contributed by atoms with E-state index in [0.717, 1.165) is 79.5 Å². The van der Waals surface area contributed by atoms with E-state index in [1.807, 2.05) is 67.6 Å². The first-order valence-corrected chi connectivity index (χ1v) is 40.9. The molecule has 5 N–H and O–H groups in total. The number of nitriles is 2. The highest BCUT2D eigenvalue weighted by Gasteiger charge is 2.49. The van der Waals surface area contributed by atoms with Crippen LogP contribution in [0.5, 0.6) is 0 Å². The molecule has 119 heavy (non-hydrogen) atoms. The minimum absolute atomic E-state index is 0.00150. The van der Waals surface area contributed by atoms with Crippen LogP contribution in [0.25, 0.3) is 0 Å². The molecule has 10 aliphatic rings. The summed E-state index contributed by atoms with van der Waals surface area (Å²) in [6.07, 6.45) is -2.01. The molecule has 0 radical (unpaired) electrons. The number of hydrogen-bond donors (Lipinski definition) is 5. The van der Waals surface area contributed by atoms with E-state index >= 15 is 0 Å². The van der Waals surface area contributed by atoms with Crippen molar-refractivity contribution in [1.82, 2.24) is 0 Å². The predicted octanol–water partition coefficient (Wildman–Crippen LogP) is 20.5. The van der Waals surface area contributed by atoms with Crippen LogP contribution in [0.1, 0.15) is 186 Å². The molecule has 11 heterocycles. The molecule has 0 saturated carbocycles. The first kappa shape index (κ1) is 82.5. The molecule has 17 nitrogen and oxygen atoms in total. The number of ether oxygens (including phenoxy) is 10. The van der Waals surface area contributed by atoms with Crippen molar-refractivity contribution < 1.29 is 78.1 Å². The van der Waals surface area contributed by atoms with Gasteiger partial charge in [-0.3, -0.25) is 0 Å². The Morgan fingerprint density at radius 2 is 0.731 bits per heavy atom. The van der Waals surface area contributed by atoms with Crippen LogP contribution in [-0.2, 0) is 71.0 Å². The Bertz CT molecular complexity index is 5410. The second-order valence-electron chi connectivity index (χ2n) is 32.9. The van der Waals surface area contributed by atoms with E-state index in [-0.39, 0.29) is 96.7 Å². The second kappa shape index (κ2) is 35.2. The smallest absolute Gasteiger partial charge is 0.148 e. The predicted molar refractivity (Wildman–Crippen MR) is 437 cm³/mol. The van der Waals surface area contributed by atoms with E-state index in [9.17, 15) is 30.7 Å². The number of halogens is 7. The summed E-state index contributed by atoms with van der Waals surface area (Å²) < 4.78 is 157. The number of anilines is 5. The number of thiophene rings is 1. The molecule has 0 amide bonds. The Balaban J connectivity index is 0.000000111. The fourth-order valence-corrected chi connectivity index (χ4v) is 18.0. The molecule has 15 atom stereocenters. The Labute approximate surface area is 691 Å². The molecule has 10 aromatic rings. The number of nitrogens with zero attached hydrogens (tertiary/aromatic N) is 2. The molecule has 10 aliphatic heterocycles. The van der Waals surface area contributed by atoms with E-state index in [0.29, 0.717) is 69.2 Å². The van der Waals surface area contributed by atoms with Crippen LogP contribution >= 0.6 is 11.3 Å². The third-order valence-electron chi connectivity index (χ3n) is 23.2. The standard InChI is InChI=1S/C21H23F2NO2.C20H21F2NO2.C19H16F2N2O2.C17H16FNO2.C17H16N2O2S/c1-21(2,3)12-4-7-17-15(10-12)19-20(26-9-8-25-19)18(24-17)14-6-5-13(22)11-16(14)23;1-20(2,3)11-7-8-15-12(9-11)18-19(25-10-24-18)17(23-15)16-13(21)5-4-6-14(16)22;20-12-2-3-13(15(21)10-12)17-19-18(24-7-8-25-19)14-9-11(5-6-22)1-4-16(14)23-17;1-10-6-7-14-12(8-10)16-17(21-9-20-16)15(19-14)11-4-2-3-5-13(11)18;18-5-3-11-1-2-14-13(9-11)16-17(21-7-6-20-16)15(19-14)12-4-8-22-10-12/h4-7,10-11,18-20,24H,8-9H2,1-3H3;4-9,17-19,23H,10H2,1-3H3;1-4,9-10,17-19,23H,5,7-8H2;2-8,15-17,19H,9H2,1H3;1-2,4,8-10,15-17,19H,3,6-7H2. The lowest BCUT2D eigenvalue weighted by Crippen LogP contribution is -2.43. The first-order valence-electron chi connectivity index (χ1n) is 40.0. The molecule has 9 aromatic carbocycles. The summed E-state index contributed by atoms with van der Waals surface area (Å²) in [5.74, 6) is -3.78. The van der Waals surface area contributed by atoms with Crippen molar-refractivity contribution in [2.45, 2.75) is 163 Å². The maximum Gasteiger partial charge on any atom is 0.148 e.